The van der Waals surface area contributed by atoms with E-state index < -0.39 is 34.7 Å². The highest BCUT2D eigenvalue weighted by Crippen LogP contribution is 2.29. The Bertz CT molecular complexity index is 617. The first-order valence-electron chi connectivity index (χ1n) is 9.56. The fourth-order valence-corrected chi connectivity index (χ4v) is 2.60. The molecule has 0 aromatic heterocycles. The van der Waals surface area contributed by atoms with Gasteiger partial charge in [-0.1, -0.05) is 26.3 Å². The van der Waals surface area contributed by atoms with Crippen LogP contribution < -0.4 is 0 Å². The highest BCUT2D eigenvalue weighted by Gasteiger charge is 2.42. The summed E-state index contributed by atoms with van der Waals surface area (Å²) < 4.78 is 32.2. The Labute approximate surface area is 186 Å². The molecule has 176 valence electrons. The second kappa shape index (κ2) is 13.2. The molecule has 1 heterocycles. The van der Waals surface area contributed by atoms with Crippen LogP contribution in [-0.2, 0) is 47.6 Å². The van der Waals surface area contributed by atoms with Gasteiger partial charge in [-0.05, 0) is 0 Å². The molecule has 0 atom stereocenters. The summed E-state index contributed by atoms with van der Waals surface area (Å²) in [6.07, 6.45) is 4.00. The van der Waals surface area contributed by atoms with Crippen LogP contribution in [0, 0.1) is 10.8 Å². The lowest BCUT2D eigenvalue weighted by Gasteiger charge is -2.39. The number of hydrogen-bond donors (Lipinski definition) is 0. The normalized spacial score (nSPS) is 16.8. The Morgan fingerprint density at radius 2 is 0.781 bits per heavy atom. The first kappa shape index (κ1) is 26.8. The number of carbonyl (C=O) groups is 4. The molecule has 0 bridgehead atoms. The molecule has 1 aliphatic heterocycles. The third-order valence-corrected chi connectivity index (χ3v) is 4.38. The molecule has 0 saturated carbocycles. The SMILES string of the molecule is C=CC(=O)OCC1(COC(=O)C=C)COCC(COC(=O)C=C)(COC(=O)C=C)COC1. The standard InChI is InChI=1S/C22H28O10/c1-5-17(23)29-13-21(14-30-18(24)6-2)9-27-11-22(12-28-10-21,15-31-19(25)7-3)16-32-20(26)8-4/h5-8H,1-4,9-16H2. The van der Waals surface area contributed by atoms with Crippen LogP contribution in [0.15, 0.2) is 50.6 Å². The largest absolute Gasteiger partial charge is 0.462 e. The topological polar surface area (TPSA) is 124 Å². The van der Waals surface area contributed by atoms with Gasteiger partial charge < -0.3 is 28.4 Å². The van der Waals surface area contributed by atoms with E-state index in [0.717, 1.165) is 24.3 Å². The number of ether oxygens (including phenoxy) is 6. The second-order valence-electron chi connectivity index (χ2n) is 7.23. The average molecular weight is 452 g/mol. The van der Waals surface area contributed by atoms with Crippen molar-refractivity contribution < 1.29 is 47.6 Å². The summed E-state index contributed by atoms with van der Waals surface area (Å²) in [5.41, 5.74) is -2.03. The van der Waals surface area contributed by atoms with Crippen molar-refractivity contribution in [1.29, 1.82) is 0 Å². The Balaban J connectivity index is 2.97. The Morgan fingerprint density at radius 3 is 0.969 bits per heavy atom. The van der Waals surface area contributed by atoms with Crippen LogP contribution in [0.1, 0.15) is 0 Å². The van der Waals surface area contributed by atoms with Gasteiger partial charge in [0.05, 0.1) is 37.3 Å². The van der Waals surface area contributed by atoms with E-state index >= 15 is 0 Å². The fourth-order valence-electron chi connectivity index (χ4n) is 2.60. The van der Waals surface area contributed by atoms with E-state index in [-0.39, 0.29) is 52.9 Å². The highest BCUT2D eigenvalue weighted by molar-refractivity contribution is 5.82. The van der Waals surface area contributed by atoms with Crippen LogP contribution in [0.2, 0.25) is 0 Å². The lowest BCUT2D eigenvalue weighted by atomic mass is 9.88. The van der Waals surface area contributed by atoms with E-state index in [1.165, 1.54) is 0 Å². The lowest BCUT2D eigenvalue weighted by molar-refractivity contribution is -0.184. The molecule has 1 rings (SSSR count). The van der Waals surface area contributed by atoms with E-state index in [9.17, 15) is 19.2 Å². The minimum Gasteiger partial charge on any atom is -0.462 e. The summed E-state index contributed by atoms with van der Waals surface area (Å²) >= 11 is 0. The molecule has 0 aliphatic carbocycles. The van der Waals surface area contributed by atoms with Gasteiger partial charge in [0, 0.05) is 24.3 Å². The highest BCUT2D eigenvalue weighted by atomic mass is 16.6. The smallest absolute Gasteiger partial charge is 0.330 e. The first-order valence-corrected chi connectivity index (χ1v) is 9.56. The van der Waals surface area contributed by atoms with Gasteiger partial charge in [-0.25, -0.2) is 19.2 Å². The van der Waals surface area contributed by atoms with E-state index in [4.69, 9.17) is 28.4 Å². The van der Waals surface area contributed by atoms with Crippen molar-refractivity contribution in [1.82, 2.24) is 0 Å². The Kier molecular flexibility index (Phi) is 11.1. The molecule has 0 aromatic rings. The zero-order chi connectivity index (χ0) is 24.0. The summed E-state index contributed by atoms with van der Waals surface area (Å²) in [5, 5.41) is 0. The van der Waals surface area contributed by atoms with Gasteiger partial charge in [0.25, 0.3) is 0 Å². The number of rotatable bonds is 12. The number of hydrogen-bond acceptors (Lipinski definition) is 10. The monoisotopic (exact) mass is 452 g/mol. The molecule has 10 heteroatoms. The minimum absolute atomic E-state index is 0.0472. The quantitative estimate of drug-likeness (QED) is 0.240. The molecule has 0 N–H and O–H groups in total. The first-order chi connectivity index (χ1) is 15.2. The Morgan fingerprint density at radius 1 is 0.562 bits per heavy atom. The van der Waals surface area contributed by atoms with Crippen LogP contribution in [0.4, 0.5) is 0 Å². The zero-order valence-electron chi connectivity index (χ0n) is 17.9. The third-order valence-electron chi connectivity index (χ3n) is 4.38. The molecule has 0 amide bonds. The van der Waals surface area contributed by atoms with Gasteiger partial charge in [-0.2, -0.15) is 0 Å². The zero-order valence-corrected chi connectivity index (χ0v) is 17.9. The molecule has 1 saturated heterocycles. The van der Waals surface area contributed by atoms with Crippen LogP contribution in [0.3, 0.4) is 0 Å². The van der Waals surface area contributed by atoms with Crippen molar-refractivity contribution in [3.05, 3.63) is 50.6 Å². The van der Waals surface area contributed by atoms with E-state index in [1.54, 1.807) is 0 Å². The lowest BCUT2D eigenvalue weighted by Crippen LogP contribution is -2.50. The molecule has 0 aromatic carbocycles. The van der Waals surface area contributed by atoms with Crippen molar-refractivity contribution in [2.75, 3.05) is 52.9 Å². The van der Waals surface area contributed by atoms with Crippen LogP contribution in [0.5, 0.6) is 0 Å². The van der Waals surface area contributed by atoms with Crippen molar-refractivity contribution in [2.24, 2.45) is 10.8 Å². The van der Waals surface area contributed by atoms with E-state index in [1.807, 2.05) is 0 Å². The fraction of sp³-hybridized carbons (Fsp3) is 0.455. The molecule has 0 unspecified atom stereocenters. The van der Waals surface area contributed by atoms with Gasteiger partial charge in [0.1, 0.15) is 26.4 Å². The van der Waals surface area contributed by atoms with Crippen molar-refractivity contribution in [2.45, 2.75) is 0 Å². The summed E-state index contributed by atoms with van der Waals surface area (Å²) in [5.74, 6) is -2.65. The van der Waals surface area contributed by atoms with Crippen LogP contribution in [-0.4, -0.2) is 76.7 Å². The molecular formula is C22H28O10. The maximum absolute atomic E-state index is 11.5. The molecule has 0 spiro atoms. The predicted octanol–water partition coefficient (Wildman–Crippen LogP) is 0.923. The van der Waals surface area contributed by atoms with Gasteiger partial charge in [-0.3, -0.25) is 0 Å². The molecule has 32 heavy (non-hydrogen) atoms. The summed E-state index contributed by atoms with van der Waals surface area (Å²) in [4.78, 5) is 46.2. The van der Waals surface area contributed by atoms with Gasteiger partial charge in [-0.15, -0.1) is 0 Å². The number of carbonyl (C=O) groups excluding carboxylic acids is 4. The summed E-state index contributed by atoms with van der Waals surface area (Å²) in [6, 6.07) is 0. The van der Waals surface area contributed by atoms with E-state index in [2.05, 4.69) is 26.3 Å². The number of esters is 4. The van der Waals surface area contributed by atoms with Gasteiger partial charge in [0.2, 0.25) is 0 Å². The molecule has 1 aliphatic rings. The van der Waals surface area contributed by atoms with E-state index in [0.29, 0.717) is 0 Å². The molecule has 10 nitrogen and oxygen atoms in total. The second-order valence-corrected chi connectivity index (χ2v) is 7.23. The maximum Gasteiger partial charge on any atom is 0.330 e. The van der Waals surface area contributed by atoms with Crippen LogP contribution >= 0.6 is 0 Å². The summed E-state index contributed by atoms with van der Waals surface area (Å²) in [6.45, 7) is 12.5. The maximum atomic E-state index is 11.5. The van der Waals surface area contributed by atoms with Gasteiger partial charge in [0.15, 0.2) is 0 Å². The predicted molar refractivity (Wildman–Crippen MR) is 111 cm³/mol. The van der Waals surface area contributed by atoms with Crippen LogP contribution in [0.25, 0.3) is 0 Å². The average Bonchev–Trinajstić information content (AvgIpc) is 2.80. The minimum atomic E-state index is -1.01. The molecular weight excluding hydrogens is 424 g/mol. The van der Waals surface area contributed by atoms with Crippen molar-refractivity contribution >= 4 is 23.9 Å². The third kappa shape index (κ3) is 8.86. The van der Waals surface area contributed by atoms with Crippen molar-refractivity contribution in [3.8, 4) is 0 Å². The molecule has 1 fully saturated rings. The van der Waals surface area contributed by atoms with Gasteiger partial charge >= 0.3 is 23.9 Å². The molecule has 0 radical (unpaired) electrons. The Hall–Kier alpha value is -3.24. The van der Waals surface area contributed by atoms with Crippen molar-refractivity contribution in [3.63, 3.8) is 0 Å². The summed E-state index contributed by atoms with van der Waals surface area (Å²) in [7, 11) is 0.